The molecule has 0 aliphatic rings. The highest BCUT2D eigenvalue weighted by Gasteiger charge is 2.03. The van der Waals surface area contributed by atoms with Crippen molar-refractivity contribution >= 4 is 17.5 Å². The van der Waals surface area contributed by atoms with Crippen LogP contribution in [0.1, 0.15) is 21.5 Å². The molecule has 0 aliphatic carbocycles. The molecule has 5 nitrogen and oxygen atoms in total. The summed E-state index contributed by atoms with van der Waals surface area (Å²) in [7, 11) is 0. The summed E-state index contributed by atoms with van der Waals surface area (Å²) in [4.78, 5) is 10.9. The Hall–Kier alpha value is -2.82. The van der Waals surface area contributed by atoms with Gasteiger partial charge in [0.15, 0.2) is 0 Å². The average molecular weight is 269 g/mol. The monoisotopic (exact) mass is 269 g/mol. The van der Waals surface area contributed by atoms with E-state index in [2.05, 4.69) is 5.32 Å². The van der Waals surface area contributed by atoms with Crippen LogP contribution in [0.15, 0.2) is 48.5 Å². The summed E-state index contributed by atoms with van der Waals surface area (Å²) in [6, 6.07) is 14.0. The van der Waals surface area contributed by atoms with Gasteiger partial charge in [-0.2, -0.15) is 0 Å². The SMILES string of the molecule is N=C(N)c1ccc(NCc2cccc(C(=O)O)c2)cc1. The maximum absolute atomic E-state index is 10.9. The lowest BCUT2D eigenvalue weighted by Gasteiger charge is -2.08. The van der Waals surface area contributed by atoms with Gasteiger partial charge in [-0.15, -0.1) is 0 Å². The van der Waals surface area contributed by atoms with E-state index in [1.54, 1.807) is 30.3 Å². The van der Waals surface area contributed by atoms with Gasteiger partial charge in [-0.05, 0) is 42.0 Å². The van der Waals surface area contributed by atoms with Crippen LogP contribution < -0.4 is 11.1 Å². The third-order valence-corrected chi connectivity index (χ3v) is 2.87. The lowest BCUT2D eigenvalue weighted by Crippen LogP contribution is -2.10. The fraction of sp³-hybridized carbons (Fsp3) is 0.0667. The Bertz CT molecular complexity index is 636. The van der Waals surface area contributed by atoms with E-state index in [4.69, 9.17) is 16.2 Å². The Balaban J connectivity index is 2.03. The molecule has 0 atom stereocenters. The number of carboxylic acid groups (broad SMARTS) is 1. The minimum absolute atomic E-state index is 0.0331. The van der Waals surface area contributed by atoms with Gasteiger partial charge in [-0.25, -0.2) is 4.79 Å². The summed E-state index contributed by atoms with van der Waals surface area (Å²) in [5, 5.41) is 19.4. The number of hydrogen-bond donors (Lipinski definition) is 4. The molecule has 2 rings (SSSR count). The normalized spacial score (nSPS) is 10.0. The van der Waals surface area contributed by atoms with Gasteiger partial charge in [-0.1, -0.05) is 12.1 Å². The van der Waals surface area contributed by atoms with Crippen LogP contribution in [0.2, 0.25) is 0 Å². The van der Waals surface area contributed by atoms with Gasteiger partial charge in [-0.3, -0.25) is 5.41 Å². The predicted octanol–water partition coefficient (Wildman–Crippen LogP) is 2.28. The van der Waals surface area contributed by atoms with Gasteiger partial charge in [0.2, 0.25) is 0 Å². The molecule has 0 aliphatic heterocycles. The van der Waals surface area contributed by atoms with Crippen molar-refractivity contribution in [1.82, 2.24) is 0 Å². The fourth-order valence-electron chi connectivity index (χ4n) is 1.79. The molecule has 0 amide bonds. The number of aromatic carboxylic acids is 1. The maximum Gasteiger partial charge on any atom is 0.335 e. The lowest BCUT2D eigenvalue weighted by atomic mass is 10.1. The van der Waals surface area contributed by atoms with Crippen molar-refractivity contribution in [3.8, 4) is 0 Å². The van der Waals surface area contributed by atoms with Crippen molar-refractivity contribution in [2.75, 3.05) is 5.32 Å². The zero-order chi connectivity index (χ0) is 14.5. The zero-order valence-corrected chi connectivity index (χ0v) is 10.8. The molecule has 5 N–H and O–H groups in total. The molecule has 0 fully saturated rings. The second kappa shape index (κ2) is 5.88. The summed E-state index contributed by atoms with van der Waals surface area (Å²) in [5.74, 6) is -0.900. The summed E-state index contributed by atoms with van der Waals surface area (Å²) < 4.78 is 0. The Morgan fingerprint density at radius 3 is 2.45 bits per heavy atom. The van der Waals surface area contributed by atoms with Gasteiger partial charge in [0.1, 0.15) is 5.84 Å². The quantitative estimate of drug-likeness (QED) is 0.494. The third-order valence-electron chi connectivity index (χ3n) is 2.87. The Morgan fingerprint density at radius 1 is 1.15 bits per heavy atom. The van der Waals surface area contributed by atoms with Gasteiger partial charge in [0, 0.05) is 17.8 Å². The first-order valence-electron chi connectivity index (χ1n) is 6.07. The molecule has 20 heavy (non-hydrogen) atoms. The molecule has 0 bridgehead atoms. The highest BCUT2D eigenvalue weighted by molar-refractivity contribution is 5.95. The molecule has 0 unspecified atom stereocenters. The van der Waals surface area contributed by atoms with Crippen molar-refractivity contribution in [3.05, 3.63) is 65.2 Å². The van der Waals surface area contributed by atoms with E-state index >= 15 is 0 Å². The van der Waals surface area contributed by atoms with Crippen LogP contribution in [0, 0.1) is 5.41 Å². The van der Waals surface area contributed by atoms with Crippen LogP contribution in [0.25, 0.3) is 0 Å². The Morgan fingerprint density at radius 2 is 1.85 bits per heavy atom. The van der Waals surface area contributed by atoms with Crippen LogP contribution in [-0.4, -0.2) is 16.9 Å². The van der Waals surface area contributed by atoms with Crippen LogP contribution in [-0.2, 0) is 6.54 Å². The molecule has 0 radical (unpaired) electrons. The topological polar surface area (TPSA) is 99.2 Å². The summed E-state index contributed by atoms with van der Waals surface area (Å²) in [6.07, 6.45) is 0. The largest absolute Gasteiger partial charge is 0.478 e. The van der Waals surface area contributed by atoms with E-state index in [0.29, 0.717) is 12.1 Å². The smallest absolute Gasteiger partial charge is 0.335 e. The molecule has 0 aromatic heterocycles. The number of nitrogens with one attached hydrogen (secondary N) is 2. The van der Waals surface area contributed by atoms with Crippen molar-refractivity contribution in [2.45, 2.75) is 6.54 Å². The fourth-order valence-corrected chi connectivity index (χ4v) is 1.79. The van der Waals surface area contributed by atoms with Gasteiger partial charge >= 0.3 is 5.97 Å². The van der Waals surface area contributed by atoms with Crippen LogP contribution in [0.4, 0.5) is 5.69 Å². The van der Waals surface area contributed by atoms with Crippen LogP contribution in [0.3, 0.4) is 0 Å². The molecule has 0 saturated carbocycles. The number of carboxylic acids is 1. The number of carbonyl (C=O) groups is 1. The number of nitrogen functional groups attached to an aromatic ring is 1. The average Bonchev–Trinajstić information content (AvgIpc) is 2.46. The van der Waals surface area contributed by atoms with E-state index in [9.17, 15) is 4.79 Å². The number of amidine groups is 1. The number of rotatable bonds is 5. The molecule has 2 aromatic carbocycles. The molecular formula is C15H15N3O2. The van der Waals surface area contributed by atoms with Gasteiger partial charge in [0.25, 0.3) is 0 Å². The standard InChI is InChI=1S/C15H15N3O2/c16-14(17)11-4-6-13(7-5-11)18-9-10-2-1-3-12(8-10)15(19)20/h1-8,18H,9H2,(H3,16,17)(H,19,20). The van der Waals surface area contributed by atoms with E-state index in [0.717, 1.165) is 11.3 Å². The molecule has 5 heteroatoms. The molecule has 102 valence electrons. The van der Waals surface area contributed by atoms with Crippen LogP contribution >= 0.6 is 0 Å². The second-order valence-corrected chi connectivity index (χ2v) is 4.35. The van der Waals surface area contributed by atoms with E-state index < -0.39 is 5.97 Å². The molecular weight excluding hydrogens is 254 g/mol. The maximum atomic E-state index is 10.9. The number of nitrogens with two attached hydrogens (primary N) is 1. The zero-order valence-electron chi connectivity index (χ0n) is 10.8. The number of benzene rings is 2. The lowest BCUT2D eigenvalue weighted by molar-refractivity contribution is 0.0697. The first kappa shape index (κ1) is 13.6. The van der Waals surface area contributed by atoms with Crippen molar-refractivity contribution in [2.24, 2.45) is 5.73 Å². The minimum atomic E-state index is -0.933. The summed E-state index contributed by atoms with van der Waals surface area (Å²) >= 11 is 0. The molecule has 0 saturated heterocycles. The van der Waals surface area contributed by atoms with Crippen molar-refractivity contribution < 1.29 is 9.90 Å². The van der Waals surface area contributed by atoms with Crippen molar-refractivity contribution in [1.29, 1.82) is 5.41 Å². The first-order chi connectivity index (χ1) is 9.56. The highest BCUT2D eigenvalue weighted by atomic mass is 16.4. The summed E-state index contributed by atoms with van der Waals surface area (Å²) in [6.45, 7) is 0.528. The van der Waals surface area contributed by atoms with Gasteiger partial charge in [0.05, 0.1) is 5.56 Å². The molecule has 0 heterocycles. The van der Waals surface area contributed by atoms with Crippen LogP contribution in [0.5, 0.6) is 0 Å². The number of hydrogen-bond acceptors (Lipinski definition) is 3. The highest BCUT2D eigenvalue weighted by Crippen LogP contribution is 2.12. The van der Waals surface area contributed by atoms with E-state index in [-0.39, 0.29) is 11.4 Å². The predicted molar refractivity (Wildman–Crippen MR) is 78.2 cm³/mol. The third kappa shape index (κ3) is 3.35. The summed E-state index contributed by atoms with van der Waals surface area (Å²) in [5.41, 5.74) is 8.10. The molecule has 0 spiro atoms. The Labute approximate surface area is 116 Å². The minimum Gasteiger partial charge on any atom is -0.478 e. The number of anilines is 1. The van der Waals surface area contributed by atoms with E-state index in [1.807, 2.05) is 18.2 Å². The van der Waals surface area contributed by atoms with E-state index in [1.165, 1.54) is 0 Å². The second-order valence-electron chi connectivity index (χ2n) is 4.35. The van der Waals surface area contributed by atoms with Gasteiger partial charge < -0.3 is 16.2 Å². The molecule has 2 aromatic rings. The van der Waals surface area contributed by atoms with Crippen molar-refractivity contribution in [3.63, 3.8) is 0 Å². The first-order valence-corrected chi connectivity index (χ1v) is 6.07. The Kier molecular flexibility index (Phi) is 4.00.